The molecular weight excluding hydrogens is 744 g/mol. The molecule has 0 bridgehead atoms. The zero-order valence-corrected chi connectivity index (χ0v) is 37.5. The predicted molar refractivity (Wildman–Crippen MR) is 223 cm³/mol. The Morgan fingerprint density at radius 3 is 1.50 bits per heavy atom. The summed E-state index contributed by atoms with van der Waals surface area (Å²) in [5.41, 5.74) is 2.04. The van der Waals surface area contributed by atoms with Crippen molar-refractivity contribution in [2.75, 3.05) is 41.7 Å². The van der Waals surface area contributed by atoms with E-state index in [4.69, 9.17) is 47.4 Å². The van der Waals surface area contributed by atoms with Crippen molar-refractivity contribution in [3.05, 3.63) is 47.6 Å². The monoisotopic (exact) mass is 823 g/mol. The third-order valence-corrected chi connectivity index (χ3v) is 12.9. The Morgan fingerprint density at radius 1 is 0.586 bits per heavy atom. The lowest BCUT2D eigenvalue weighted by molar-refractivity contribution is -0.231. The van der Waals surface area contributed by atoms with Crippen LogP contribution < -0.4 is 0 Å². The molecule has 12 heteroatoms. The second-order valence-corrected chi connectivity index (χ2v) is 16.9. The van der Waals surface area contributed by atoms with Crippen molar-refractivity contribution in [2.45, 2.75) is 180 Å². The molecule has 0 aromatic rings. The summed E-state index contributed by atoms with van der Waals surface area (Å²) in [6, 6.07) is 0. The molecule has 334 valence electrons. The van der Waals surface area contributed by atoms with E-state index in [1.807, 2.05) is 64.2 Å². The Hall–Kier alpha value is -1.52. The molecule has 12 nitrogen and oxygen atoms in total. The first-order valence-corrected chi connectivity index (χ1v) is 21.9. The topological polar surface area (TPSA) is 139 Å². The van der Waals surface area contributed by atoms with E-state index in [0.29, 0.717) is 13.2 Å². The van der Waals surface area contributed by atoms with E-state index < -0.39 is 12.2 Å². The number of allylic oxidation sites excluding steroid dienone is 4. The van der Waals surface area contributed by atoms with Crippen molar-refractivity contribution in [2.24, 2.45) is 23.7 Å². The molecule has 0 amide bonds. The highest BCUT2D eigenvalue weighted by Crippen LogP contribution is 2.39. The summed E-state index contributed by atoms with van der Waals surface area (Å²) in [6.45, 7) is 17.3. The molecule has 0 unspecified atom stereocenters. The molecule has 0 radical (unpaired) electrons. The van der Waals surface area contributed by atoms with Crippen molar-refractivity contribution < 1.29 is 57.6 Å². The van der Waals surface area contributed by atoms with Crippen molar-refractivity contribution in [1.82, 2.24) is 0 Å². The fourth-order valence-corrected chi connectivity index (χ4v) is 8.81. The largest absolute Gasteiger partial charge is 0.390 e. The number of ether oxygens (including phenoxy) is 10. The highest BCUT2D eigenvalue weighted by Gasteiger charge is 2.51. The molecule has 4 heterocycles. The number of aliphatic hydroxyl groups is 2. The van der Waals surface area contributed by atoms with E-state index >= 15 is 0 Å². The van der Waals surface area contributed by atoms with Crippen molar-refractivity contribution in [3.8, 4) is 0 Å². The standard InChI is InChI=1S/C46H78O12/c1-13-33(49-9)31(7)43-45(57-43)39(47)27(3)17-15-19-29(5)41-35(51-11)21-24-38(56-41)54-26-25-53-36-22-23-37(52-12)55-42(36)30(6)20-16-18-28(4)40(48)46-44(58-46)32(8)34(14-2)50-10/h15-20,27-28,31-48H,13-14,21-26H2,1-12H3/b17-15+,18-16+,29-19+,30-20+/t27-,28-,31+,32+,33-,34-,35-,36+,37+,38+,39+,40+,41-,42-,43-,44-,45-,46-/m0/s1. The molecule has 0 aliphatic carbocycles. The van der Waals surface area contributed by atoms with Crippen LogP contribution in [0.3, 0.4) is 0 Å². The summed E-state index contributed by atoms with van der Waals surface area (Å²) < 4.78 is 59.7. The first-order chi connectivity index (χ1) is 27.8. The molecule has 4 aliphatic heterocycles. The molecule has 58 heavy (non-hydrogen) atoms. The fourth-order valence-electron chi connectivity index (χ4n) is 8.81. The lowest BCUT2D eigenvalue weighted by atomic mass is 9.91. The minimum Gasteiger partial charge on any atom is -0.390 e. The predicted octanol–water partition coefficient (Wildman–Crippen LogP) is 6.72. The first kappa shape index (κ1) is 49.1. The van der Waals surface area contributed by atoms with E-state index in [1.165, 1.54) is 0 Å². The van der Waals surface area contributed by atoms with Crippen molar-refractivity contribution in [3.63, 3.8) is 0 Å². The van der Waals surface area contributed by atoms with Crippen LogP contribution in [-0.4, -0.2) is 138 Å². The van der Waals surface area contributed by atoms with Crippen LogP contribution in [0.4, 0.5) is 0 Å². The zero-order chi connectivity index (χ0) is 42.5. The maximum Gasteiger partial charge on any atom is 0.158 e. The van der Waals surface area contributed by atoms with E-state index in [0.717, 1.165) is 49.7 Å². The fraction of sp³-hybridized carbons (Fsp3) is 0.826. The van der Waals surface area contributed by atoms with E-state index in [-0.39, 0.29) is 97.3 Å². The molecule has 0 aromatic carbocycles. The van der Waals surface area contributed by atoms with Crippen LogP contribution in [-0.2, 0) is 47.4 Å². The normalized spacial score (nSPS) is 35.1. The molecule has 4 saturated heterocycles. The molecule has 0 spiro atoms. The van der Waals surface area contributed by atoms with E-state index in [1.54, 1.807) is 28.4 Å². The number of rotatable bonds is 25. The van der Waals surface area contributed by atoms with Crippen LogP contribution in [0.2, 0.25) is 0 Å². The van der Waals surface area contributed by atoms with E-state index in [2.05, 4.69) is 27.7 Å². The number of methoxy groups -OCH3 is 4. The van der Waals surface area contributed by atoms with Crippen LogP contribution in [0.15, 0.2) is 47.6 Å². The Kier molecular flexibility index (Phi) is 20.5. The summed E-state index contributed by atoms with van der Waals surface area (Å²) >= 11 is 0. The van der Waals surface area contributed by atoms with Gasteiger partial charge in [0.2, 0.25) is 0 Å². The van der Waals surface area contributed by atoms with Gasteiger partial charge >= 0.3 is 0 Å². The van der Waals surface area contributed by atoms with Crippen LogP contribution in [0.25, 0.3) is 0 Å². The third kappa shape index (κ3) is 13.5. The lowest BCUT2D eigenvalue weighted by Crippen LogP contribution is -2.43. The summed E-state index contributed by atoms with van der Waals surface area (Å²) in [6.07, 6.45) is 14.2. The summed E-state index contributed by atoms with van der Waals surface area (Å²) in [7, 11) is 6.84. The van der Waals surface area contributed by atoms with Gasteiger partial charge in [0.1, 0.15) is 24.4 Å². The number of aliphatic hydroxyl groups excluding tert-OH is 2. The van der Waals surface area contributed by atoms with E-state index in [9.17, 15) is 10.2 Å². The molecule has 2 N–H and O–H groups in total. The van der Waals surface area contributed by atoms with Crippen LogP contribution >= 0.6 is 0 Å². The SMILES string of the molecule is CC[C@H](OC)[C@@H](C)[C@@H]1O[C@H]1[C@H](O)[C@@H](C)/C=C/C=C(\C)[C@@H]1O[C@@H](OCCO[C@@H]2CC[C@H](OC)O[C@H]2/C(C)=C/C=C/[C@H](C)[C@@H](O)[C@@H]2O[C@H]2[C@H](C)[C@H](CC)OC)CC[C@@H]1OC. The third-order valence-electron chi connectivity index (χ3n) is 12.9. The maximum absolute atomic E-state index is 11.0. The van der Waals surface area contributed by atoms with Gasteiger partial charge in [-0.25, -0.2) is 0 Å². The molecule has 4 aliphatic rings. The molecule has 0 aromatic heterocycles. The average Bonchev–Trinajstić information content (AvgIpc) is 4.18. The van der Waals surface area contributed by atoms with Gasteiger partial charge in [0.25, 0.3) is 0 Å². The molecular formula is C46H78O12. The van der Waals surface area contributed by atoms with Gasteiger partial charge in [0.05, 0.1) is 62.0 Å². The lowest BCUT2D eigenvalue weighted by Gasteiger charge is -2.37. The van der Waals surface area contributed by atoms with Gasteiger partial charge in [-0.1, -0.05) is 78.0 Å². The Morgan fingerprint density at radius 2 is 1.03 bits per heavy atom. The van der Waals surface area contributed by atoms with Crippen molar-refractivity contribution >= 4 is 0 Å². The van der Waals surface area contributed by atoms with Gasteiger partial charge in [0, 0.05) is 65.0 Å². The second kappa shape index (κ2) is 24.2. The Balaban J connectivity index is 1.24. The van der Waals surface area contributed by atoms with Gasteiger partial charge in [-0.15, -0.1) is 0 Å². The van der Waals surface area contributed by atoms with Crippen LogP contribution in [0, 0.1) is 23.7 Å². The maximum atomic E-state index is 11.0. The minimum absolute atomic E-state index is 0.0100. The Labute approximate surface area is 349 Å². The molecule has 4 fully saturated rings. The summed E-state index contributed by atoms with van der Waals surface area (Å²) in [4.78, 5) is 0. The highest BCUT2D eigenvalue weighted by atomic mass is 16.7. The van der Waals surface area contributed by atoms with Crippen LogP contribution in [0.5, 0.6) is 0 Å². The number of epoxide rings is 2. The van der Waals surface area contributed by atoms with Gasteiger partial charge in [-0.05, 0) is 50.7 Å². The van der Waals surface area contributed by atoms with Crippen molar-refractivity contribution in [1.29, 1.82) is 0 Å². The highest BCUT2D eigenvalue weighted by molar-refractivity contribution is 5.19. The summed E-state index contributed by atoms with van der Waals surface area (Å²) in [5, 5.41) is 22.0. The average molecular weight is 823 g/mol. The zero-order valence-electron chi connectivity index (χ0n) is 37.5. The van der Waals surface area contributed by atoms with Crippen LogP contribution in [0.1, 0.15) is 93.9 Å². The molecule has 4 rings (SSSR count). The first-order valence-electron chi connectivity index (χ1n) is 21.9. The number of hydrogen-bond acceptors (Lipinski definition) is 12. The van der Waals surface area contributed by atoms with Gasteiger partial charge < -0.3 is 57.6 Å². The Bertz CT molecular complexity index is 1310. The number of hydrogen-bond donors (Lipinski definition) is 2. The quantitative estimate of drug-likeness (QED) is 0.0575. The smallest absolute Gasteiger partial charge is 0.158 e. The van der Waals surface area contributed by atoms with Gasteiger partial charge in [0.15, 0.2) is 12.6 Å². The van der Waals surface area contributed by atoms with Gasteiger partial charge in [-0.2, -0.15) is 0 Å². The molecule has 0 saturated carbocycles. The summed E-state index contributed by atoms with van der Waals surface area (Å²) in [5.74, 6) is 0.282. The minimum atomic E-state index is -0.595. The molecule has 18 atom stereocenters. The second-order valence-electron chi connectivity index (χ2n) is 16.9. The van der Waals surface area contributed by atoms with Gasteiger partial charge in [-0.3, -0.25) is 0 Å².